The van der Waals surface area contributed by atoms with Crippen LogP contribution in [0.2, 0.25) is 0 Å². The molecule has 1 atom stereocenters. The largest absolute Gasteiger partial charge is 0.467 e. The van der Waals surface area contributed by atoms with Crippen molar-refractivity contribution >= 4 is 16.6 Å². The summed E-state index contributed by atoms with van der Waals surface area (Å²) in [7, 11) is 2.14. The molecule has 31 heavy (non-hydrogen) atoms. The number of terminal acetylenes is 1. The van der Waals surface area contributed by atoms with Crippen LogP contribution in [-0.4, -0.2) is 59.7 Å². The molecular weight excluding hydrogens is 390 g/mol. The van der Waals surface area contributed by atoms with Crippen molar-refractivity contribution < 1.29 is 9.47 Å². The maximum atomic E-state index is 5.86. The number of hydrogen-bond donors (Lipinski definition) is 1. The molecule has 0 radical (unpaired) electrons. The second-order valence-corrected chi connectivity index (χ2v) is 7.67. The van der Waals surface area contributed by atoms with Gasteiger partial charge in [0, 0.05) is 53.5 Å². The lowest BCUT2D eigenvalue weighted by molar-refractivity contribution is 0.0227. The lowest BCUT2D eigenvalue weighted by atomic mass is 10.0. The van der Waals surface area contributed by atoms with Crippen LogP contribution < -0.4 is 10.1 Å². The summed E-state index contributed by atoms with van der Waals surface area (Å²) in [5, 5.41) is 14.6. The minimum atomic E-state index is 0.138. The summed E-state index contributed by atoms with van der Waals surface area (Å²) in [6.45, 7) is 4.73. The van der Waals surface area contributed by atoms with Gasteiger partial charge in [-0.3, -0.25) is 4.98 Å². The van der Waals surface area contributed by atoms with Crippen LogP contribution in [0.4, 0.5) is 5.82 Å². The summed E-state index contributed by atoms with van der Waals surface area (Å²) in [5.41, 5.74) is 2.26. The van der Waals surface area contributed by atoms with E-state index >= 15 is 0 Å². The van der Waals surface area contributed by atoms with Crippen molar-refractivity contribution in [1.82, 2.24) is 20.1 Å². The summed E-state index contributed by atoms with van der Waals surface area (Å²) < 4.78 is 11.2. The van der Waals surface area contributed by atoms with Gasteiger partial charge in [-0.2, -0.15) is 0 Å². The molecule has 2 aromatic heterocycles. The maximum absolute atomic E-state index is 5.86. The number of ether oxygens (including phenoxy) is 2. The Morgan fingerprint density at radius 1 is 1.26 bits per heavy atom. The molecule has 0 unspecified atom stereocenters. The Morgan fingerprint density at radius 3 is 2.97 bits per heavy atom. The first-order valence-electron chi connectivity index (χ1n) is 10.6. The van der Waals surface area contributed by atoms with Crippen molar-refractivity contribution in [3.8, 4) is 29.4 Å². The van der Waals surface area contributed by atoms with E-state index in [-0.39, 0.29) is 6.79 Å². The molecule has 0 spiro atoms. The van der Waals surface area contributed by atoms with Crippen LogP contribution in [0.5, 0.6) is 5.75 Å². The first-order chi connectivity index (χ1) is 15.2. The van der Waals surface area contributed by atoms with Crippen molar-refractivity contribution in [2.45, 2.75) is 25.8 Å². The van der Waals surface area contributed by atoms with E-state index in [1.807, 2.05) is 37.4 Å². The molecule has 7 heteroatoms. The van der Waals surface area contributed by atoms with E-state index < -0.39 is 0 Å². The molecule has 1 saturated heterocycles. The topological polar surface area (TPSA) is 72.4 Å². The predicted molar refractivity (Wildman–Crippen MR) is 122 cm³/mol. The Bertz CT molecular complexity index is 1100. The van der Waals surface area contributed by atoms with Gasteiger partial charge in [-0.25, -0.2) is 0 Å². The highest BCUT2D eigenvalue weighted by molar-refractivity contribution is 6.00. The predicted octanol–water partition coefficient (Wildman–Crippen LogP) is 3.55. The molecule has 1 aromatic carbocycles. The highest BCUT2D eigenvalue weighted by atomic mass is 16.7. The molecule has 4 rings (SSSR count). The molecule has 1 fully saturated rings. The van der Waals surface area contributed by atoms with E-state index in [9.17, 15) is 0 Å². The van der Waals surface area contributed by atoms with E-state index in [1.165, 1.54) is 0 Å². The van der Waals surface area contributed by atoms with Gasteiger partial charge in [-0.05, 0) is 57.6 Å². The number of piperidine rings is 1. The number of fused-ring (bicyclic) bond motifs is 1. The highest BCUT2D eigenvalue weighted by Crippen LogP contribution is 2.35. The number of pyridine rings is 1. The van der Waals surface area contributed by atoms with Crippen LogP contribution >= 0.6 is 0 Å². The second-order valence-electron chi connectivity index (χ2n) is 7.67. The Balaban J connectivity index is 1.73. The molecule has 3 aromatic rings. The molecule has 0 aliphatic carbocycles. The van der Waals surface area contributed by atoms with Gasteiger partial charge < -0.3 is 19.7 Å². The SMILES string of the molecule is C#Cc1ccc(-c2nnc(N[C@@H]3CCCN(C)C3)c3cnccc23)c(OCOCC)c1. The fraction of sp³-hybridized carbons (Fsp3) is 0.375. The van der Waals surface area contributed by atoms with Crippen molar-refractivity contribution in [3.63, 3.8) is 0 Å². The minimum absolute atomic E-state index is 0.138. The fourth-order valence-corrected chi connectivity index (χ4v) is 3.90. The zero-order valence-electron chi connectivity index (χ0n) is 18.0. The average Bonchev–Trinajstić information content (AvgIpc) is 2.80. The quantitative estimate of drug-likeness (QED) is 0.358. The third-order valence-electron chi connectivity index (χ3n) is 5.45. The summed E-state index contributed by atoms with van der Waals surface area (Å²) in [4.78, 5) is 6.66. The van der Waals surface area contributed by atoms with E-state index in [4.69, 9.17) is 15.9 Å². The molecule has 0 amide bonds. The smallest absolute Gasteiger partial charge is 0.189 e. The van der Waals surface area contributed by atoms with E-state index in [2.05, 4.69) is 38.4 Å². The number of nitrogens with one attached hydrogen (secondary N) is 1. The first kappa shape index (κ1) is 21.0. The van der Waals surface area contributed by atoms with Crippen molar-refractivity contribution in [3.05, 3.63) is 42.2 Å². The Kier molecular flexibility index (Phi) is 6.60. The number of likely N-dealkylation sites (N-methyl/N-ethyl adjacent to an activating group) is 1. The van der Waals surface area contributed by atoms with E-state index in [1.54, 1.807) is 6.20 Å². The summed E-state index contributed by atoms with van der Waals surface area (Å²) in [5.74, 6) is 4.02. The van der Waals surface area contributed by atoms with Gasteiger partial charge in [0.1, 0.15) is 11.4 Å². The van der Waals surface area contributed by atoms with Gasteiger partial charge in [-0.1, -0.05) is 5.92 Å². The standard InChI is InChI=1S/C24H27N5O2/c1-4-17-8-9-20(22(13-17)31-16-30-5-2)23-19-10-11-25-14-21(19)24(28-27-23)26-18-7-6-12-29(3)15-18/h1,8-11,13-14,18H,5-7,12,15-16H2,2-3H3,(H,26,28)/t18-/m1/s1. The molecule has 0 saturated carbocycles. The lowest BCUT2D eigenvalue weighted by Crippen LogP contribution is -2.40. The lowest BCUT2D eigenvalue weighted by Gasteiger charge is -2.30. The average molecular weight is 418 g/mol. The van der Waals surface area contributed by atoms with E-state index in [0.717, 1.165) is 59.3 Å². The second kappa shape index (κ2) is 9.73. The van der Waals surface area contributed by atoms with Crippen LogP contribution in [0, 0.1) is 12.3 Å². The molecule has 160 valence electrons. The Morgan fingerprint density at radius 2 is 2.16 bits per heavy atom. The molecule has 7 nitrogen and oxygen atoms in total. The van der Waals surface area contributed by atoms with Crippen LogP contribution in [0.1, 0.15) is 25.3 Å². The molecule has 1 N–H and O–H groups in total. The molecular formula is C24H27N5O2. The fourth-order valence-electron chi connectivity index (χ4n) is 3.90. The first-order valence-corrected chi connectivity index (χ1v) is 10.6. The highest BCUT2D eigenvalue weighted by Gasteiger charge is 2.20. The van der Waals surface area contributed by atoms with Gasteiger partial charge in [-0.15, -0.1) is 16.6 Å². The molecule has 1 aliphatic heterocycles. The van der Waals surface area contributed by atoms with Crippen molar-refractivity contribution in [2.75, 3.05) is 38.9 Å². The third kappa shape index (κ3) is 4.76. The molecule has 1 aliphatic rings. The van der Waals surface area contributed by atoms with Crippen LogP contribution in [-0.2, 0) is 4.74 Å². The van der Waals surface area contributed by atoms with Crippen LogP contribution in [0.3, 0.4) is 0 Å². The number of hydrogen-bond acceptors (Lipinski definition) is 7. The summed E-state index contributed by atoms with van der Waals surface area (Å²) in [6, 6.07) is 7.92. The van der Waals surface area contributed by atoms with Gasteiger partial charge >= 0.3 is 0 Å². The van der Waals surface area contributed by atoms with E-state index in [0.29, 0.717) is 18.4 Å². The normalized spacial score (nSPS) is 16.7. The summed E-state index contributed by atoms with van der Waals surface area (Å²) in [6.07, 6.45) is 11.5. The molecule has 3 heterocycles. The summed E-state index contributed by atoms with van der Waals surface area (Å²) >= 11 is 0. The Labute approximate surface area is 182 Å². The van der Waals surface area contributed by atoms with Gasteiger partial charge in [0.15, 0.2) is 12.6 Å². The van der Waals surface area contributed by atoms with Gasteiger partial charge in [0.2, 0.25) is 0 Å². The van der Waals surface area contributed by atoms with Gasteiger partial charge in [0.25, 0.3) is 0 Å². The Hall–Kier alpha value is -3.21. The number of likely N-dealkylation sites (tertiary alicyclic amines) is 1. The number of anilines is 1. The van der Waals surface area contributed by atoms with Crippen LogP contribution in [0.25, 0.3) is 22.0 Å². The number of benzene rings is 1. The van der Waals surface area contributed by atoms with Gasteiger partial charge in [0.05, 0.1) is 0 Å². The van der Waals surface area contributed by atoms with Crippen molar-refractivity contribution in [2.24, 2.45) is 0 Å². The monoisotopic (exact) mass is 417 g/mol. The number of nitrogens with zero attached hydrogens (tertiary/aromatic N) is 4. The zero-order chi connectivity index (χ0) is 21.6. The molecule has 0 bridgehead atoms. The number of aromatic nitrogens is 3. The zero-order valence-corrected chi connectivity index (χ0v) is 18.0. The van der Waals surface area contributed by atoms with Crippen LogP contribution in [0.15, 0.2) is 36.7 Å². The van der Waals surface area contributed by atoms with Crippen molar-refractivity contribution in [1.29, 1.82) is 0 Å². The maximum Gasteiger partial charge on any atom is 0.189 e. The third-order valence-corrected chi connectivity index (χ3v) is 5.45. The minimum Gasteiger partial charge on any atom is -0.467 e. The number of rotatable bonds is 7.